The zero-order valence-corrected chi connectivity index (χ0v) is 12.3. The molecule has 1 N–H and O–H groups in total. The quantitative estimate of drug-likeness (QED) is 0.902. The molecule has 0 bridgehead atoms. The molecule has 1 aromatic heterocycles. The Morgan fingerprint density at radius 1 is 1.16 bits per heavy atom. The maximum atomic E-state index is 4.17. The molecule has 0 fully saturated rings. The van der Waals surface area contributed by atoms with Crippen molar-refractivity contribution in [2.24, 2.45) is 0 Å². The van der Waals surface area contributed by atoms with Crippen LogP contribution in [-0.4, -0.2) is 9.55 Å². The van der Waals surface area contributed by atoms with Crippen molar-refractivity contribution in [1.82, 2.24) is 9.55 Å². The minimum Gasteiger partial charge on any atom is -0.379 e. The molecule has 1 aromatic carbocycles. The number of hydrogen-bond donors (Lipinski definition) is 1. The lowest BCUT2D eigenvalue weighted by atomic mass is 9.87. The van der Waals surface area contributed by atoms with Gasteiger partial charge in [0.2, 0.25) is 0 Å². The minimum atomic E-state index is 0.208. The second-order valence-corrected chi connectivity index (χ2v) is 5.85. The van der Waals surface area contributed by atoms with Gasteiger partial charge in [-0.2, -0.15) is 0 Å². The van der Waals surface area contributed by atoms with Gasteiger partial charge in [0, 0.05) is 18.4 Å². The predicted molar refractivity (Wildman–Crippen MR) is 80.4 cm³/mol. The van der Waals surface area contributed by atoms with Gasteiger partial charge in [-0.25, -0.2) is 4.98 Å². The van der Waals surface area contributed by atoms with Gasteiger partial charge in [0.05, 0.1) is 18.6 Å². The van der Waals surface area contributed by atoms with Gasteiger partial charge in [-0.1, -0.05) is 32.9 Å². The number of rotatable bonds is 4. The summed E-state index contributed by atoms with van der Waals surface area (Å²) in [7, 11) is 0. The summed E-state index contributed by atoms with van der Waals surface area (Å²) in [5.41, 5.74) is 3.93. The van der Waals surface area contributed by atoms with Crippen molar-refractivity contribution in [2.75, 3.05) is 5.32 Å². The molecule has 0 radical (unpaired) electrons. The van der Waals surface area contributed by atoms with E-state index in [-0.39, 0.29) is 5.41 Å². The van der Waals surface area contributed by atoms with Gasteiger partial charge in [-0.15, -0.1) is 0 Å². The normalized spacial score (nSPS) is 11.6. The molecule has 0 atom stereocenters. The van der Waals surface area contributed by atoms with Gasteiger partial charge in [-0.3, -0.25) is 0 Å². The fourth-order valence-electron chi connectivity index (χ4n) is 2.06. The molecule has 0 saturated carbocycles. The summed E-state index contributed by atoms with van der Waals surface area (Å²) in [5, 5.41) is 3.44. The fraction of sp³-hybridized carbons (Fsp3) is 0.438. The van der Waals surface area contributed by atoms with Crippen LogP contribution in [-0.2, 0) is 18.5 Å². The van der Waals surface area contributed by atoms with Crippen molar-refractivity contribution >= 4 is 5.69 Å². The van der Waals surface area contributed by atoms with E-state index >= 15 is 0 Å². The van der Waals surface area contributed by atoms with E-state index in [0.717, 1.165) is 18.8 Å². The van der Waals surface area contributed by atoms with Gasteiger partial charge >= 0.3 is 0 Å². The Hall–Kier alpha value is -1.77. The summed E-state index contributed by atoms with van der Waals surface area (Å²) < 4.78 is 2.15. The van der Waals surface area contributed by atoms with Crippen LogP contribution < -0.4 is 5.32 Å². The first-order valence-corrected chi connectivity index (χ1v) is 6.84. The highest BCUT2D eigenvalue weighted by Gasteiger charge is 2.12. The molecule has 0 unspecified atom stereocenters. The van der Waals surface area contributed by atoms with Gasteiger partial charge in [-0.05, 0) is 30.0 Å². The van der Waals surface area contributed by atoms with E-state index in [1.165, 1.54) is 11.3 Å². The Balaban J connectivity index is 2.01. The Morgan fingerprint density at radius 2 is 1.84 bits per heavy atom. The number of anilines is 1. The summed E-state index contributed by atoms with van der Waals surface area (Å²) in [6.45, 7) is 10.6. The molecular formula is C16H23N3. The Labute approximate surface area is 115 Å². The molecule has 19 heavy (non-hydrogen) atoms. The van der Waals surface area contributed by atoms with Gasteiger partial charge in [0.15, 0.2) is 0 Å². The van der Waals surface area contributed by atoms with Crippen LogP contribution in [0.5, 0.6) is 0 Å². The van der Waals surface area contributed by atoms with Crippen molar-refractivity contribution in [3.05, 3.63) is 48.0 Å². The third-order valence-corrected chi connectivity index (χ3v) is 3.36. The lowest BCUT2D eigenvalue weighted by molar-refractivity contribution is 0.590. The third-order valence-electron chi connectivity index (χ3n) is 3.36. The van der Waals surface area contributed by atoms with Gasteiger partial charge in [0.25, 0.3) is 0 Å². The second-order valence-electron chi connectivity index (χ2n) is 5.85. The number of imidazole rings is 1. The van der Waals surface area contributed by atoms with Crippen molar-refractivity contribution in [2.45, 2.75) is 46.2 Å². The standard InChI is InChI=1S/C16H23N3/c1-5-19-12-17-10-15(19)11-18-14-8-6-13(7-9-14)16(2,3)4/h6-10,12,18H,5,11H2,1-4H3. The molecule has 0 aliphatic rings. The van der Waals surface area contributed by atoms with E-state index in [2.05, 4.69) is 66.8 Å². The maximum Gasteiger partial charge on any atom is 0.0948 e. The van der Waals surface area contributed by atoms with Crippen LogP contribution in [0.3, 0.4) is 0 Å². The van der Waals surface area contributed by atoms with Crippen molar-refractivity contribution < 1.29 is 0 Å². The van der Waals surface area contributed by atoms with E-state index in [0.29, 0.717) is 0 Å². The first-order chi connectivity index (χ1) is 9.00. The summed E-state index contributed by atoms with van der Waals surface area (Å²) >= 11 is 0. The highest BCUT2D eigenvalue weighted by atomic mass is 15.1. The third kappa shape index (κ3) is 3.37. The van der Waals surface area contributed by atoms with Crippen molar-refractivity contribution in [3.8, 4) is 0 Å². The molecule has 0 aliphatic heterocycles. The molecule has 0 amide bonds. The zero-order valence-electron chi connectivity index (χ0n) is 12.3. The maximum absolute atomic E-state index is 4.17. The van der Waals surface area contributed by atoms with Crippen LogP contribution in [0.4, 0.5) is 5.69 Å². The van der Waals surface area contributed by atoms with Crippen molar-refractivity contribution in [1.29, 1.82) is 0 Å². The van der Waals surface area contributed by atoms with E-state index in [1.807, 2.05) is 12.5 Å². The fourth-order valence-corrected chi connectivity index (χ4v) is 2.06. The molecule has 3 nitrogen and oxygen atoms in total. The SMILES string of the molecule is CCn1cncc1CNc1ccc(C(C)(C)C)cc1. The Morgan fingerprint density at radius 3 is 2.42 bits per heavy atom. The number of aryl methyl sites for hydroxylation is 1. The van der Waals surface area contributed by atoms with E-state index in [9.17, 15) is 0 Å². The first-order valence-electron chi connectivity index (χ1n) is 6.84. The first kappa shape index (κ1) is 13.7. The lowest BCUT2D eigenvalue weighted by Gasteiger charge is -2.19. The Kier molecular flexibility index (Phi) is 3.93. The topological polar surface area (TPSA) is 29.9 Å². The molecule has 0 aliphatic carbocycles. The summed E-state index contributed by atoms with van der Waals surface area (Å²) in [4.78, 5) is 4.17. The Bertz CT molecular complexity index is 518. The summed E-state index contributed by atoms with van der Waals surface area (Å²) in [6, 6.07) is 8.68. The molecule has 102 valence electrons. The average molecular weight is 257 g/mol. The number of nitrogens with one attached hydrogen (secondary N) is 1. The van der Waals surface area contributed by atoms with E-state index in [4.69, 9.17) is 0 Å². The monoisotopic (exact) mass is 257 g/mol. The number of hydrogen-bond acceptors (Lipinski definition) is 2. The number of aromatic nitrogens is 2. The van der Waals surface area contributed by atoms with Crippen LogP contribution in [0.25, 0.3) is 0 Å². The van der Waals surface area contributed by atoms with Crippen LogP contribution in [0.2, 0.25) is 0 Å². The van der Waals surface area contributed by atoms with Crippen molar-refractivity contribution in [3.63, 3.8) is 0 Å². The van der Waals surface area contributed by atoms with Gasteiger partial charge in [0.1, 0.15) is 0 Å². The van der Waals surface area contributed by atoms with Crippen LogP contribution in [0.15, 0.2) is 36.8 Å². The molecule has 1 heterocycles. The van der Waals surface area contributed by atoms with E-state index in [1.54, 1.807) is 0 Å². The minimum absolute atomic E-state index is 0.208. The molecule has 0 saturated heterocycles. The molecule has 2 rings (SSSR count). The van der Waals surface area contributed by atoms with E-state index < -0.39 is 0 Å². The highest BCUT2D eigenvalue weighted by Crippen LogP contribution is 2.23. The summed E-state index contributed by atoms with van der Waals surface area (Å²) in [6.07, 6.45) is 3.79. The second kappa shape index (κ2) is 5.47. The number of nitrogens with zero attached hydrogens (tertiary/aromatic N) is 2. The smallest absolute Gasteiger partial charge is 0.0948 e. The predicted octanol–water partition coefficient (Wildman–Crippen LogP) is 3.81. The van der Waals surface area contributed by atoms with Crippen LogP contribution >= 0.6 is 0 Å². The summed E-state index contributed by atoms with van der Waals surface area (Å²) in [5.74, 6) is 0. The average Bonchev–Trinajstić information content (AvgIpc) is 2.83. The molecule has 3 heteroatoms. The van der Waals surface area contributed by atoms with Crippen LogP contribution in [0, 0.1) is 0 Å². The zero-order chi connectivity index (χ0) is 13.9. The molecule has 2 aromatic rings. The molecular weight excluding hydrogens is 234 g/mol. The lowest BCUT2D eigenvalue weighted by Crippen LogP contribution is -2.11. The van der Waals surface area contributed by atoms with Crippen LogP contribution in [0.1, 0.15) is 39.0 Å². The number of benzene rings is 1. The largest absolute Gasteiger partial charge is 0.379 e. The highest BCUT2D eigenvalue weighted by molar-refractivity contribution is 5.46. The molecule has 0 spiro atoms. The van der Waals surface area contributed by atoms with Gasteiger partial charge < -0.3 is 9.88 Å².